The molecule has 0 fully saturated rings. The quantitative estimate of drug-likeness (QED) is 0.665. The minimum atomic E-state index is 0.0520. The molecule has 0 aliphatic carbocycles. The Kier molecular flexibility index (Phi) is 7.14. The minimum Gasteiger partial charge on any atom is -0.379 e. The summed E-state index contributed by atoms with van der Waals surface area (Å²) in [7, 11) is 0. The molecule has 0 spiro atoms. The first kappa shape index (κ1) is 14.9. The SMILES string of the molecule is CCCOCCOC(C(C)N)C(C)(C)C. The van der Waals surface area contributed by atoms with E-state index in [0.29, 0.717) is 13.2 Å². The zero-order valence-electron chi connectivity index (χ0n) is 10.9. The fourth-order valence-corrected chi connectivity index (χ4v) is 1.67. The Morgan fingerprint density at radius 2 is 1.73 bits per heavy atom. The van der Waals surface area contributed by atoms with Crippen LogP contribution in [0.5, 0.6) is 0 Å². The van der Waals surface area contributed by atoms with E-state index in [4.69, 9.17) is 15.2 Å². The highest BCUT2D eigenvalue weighted by Gasteiger charge is 2.28. The van der Waals surface area contributed by atoms with Crippen molar-refractivity contribution >= 4 is 0 Å². The van der Waals surface area contributed by atoms with Crippen molar-refractivity contribution < 1.29 is 9.47 Å². The summed E-state index contributed by atoms with van der Waals surface area (Å²) >= 11 is 0. The Hall–Kier alpha value is -0.120. The molecule has 0 saturated heterocycles. The van der Waals surface area contributed by atoms with Gasteiger partial charge in [0, 0.05) is 12.6 Å². The van der Waals surface area contributed by atoms with Crippen molar-refractivity contribution in [2.24, 2.45) is 11.1 Å². The molecule has 3 nitrogen and oxygen atoms in total. The van der Waals surface area contributed by atoms with Crippen LogP contribution in [0.4, 0.5) is 0 Å². The van der Waals surface area contributed by atoms with Crippen molar-refractivity contribution in [3.8, 4) is 0 Å². The van der Waals surface area contributed by atoms with Gasteiger partial charge in [0.25, 0.3) is 0 Å². The van der Waals surface area contributed by atoms with Gasteiger partial charge < -0.3 is 15.2 Å². The van der Waals surface area contributed by atoms with Crippen molar-refractivity contribution in [2.45, 2.75) is 53.2 Å². The molecular weight excluding hydrogens is 190 g/mol. The highest BCUT2D eigenvalue weighted by Crippen LogP contribution is 2.24. The highest BCUT2D eigenvalue weighted by atomic mass is 16.5. The van der Waals surface area contributed by atoms with Crippen LogP contribution >= 0.6 is 0 Å². The van der Waals surface area contributed by atoms with E-state index in [-0.39, 0.29) is 17.6 Å². The average molecular weight is 217 g/mol. The second-order valence-electron chi connectivity index (χ2n) is 5.13. The van der Waals surface area contributed by atoms with E-state index < -0.39 is 0 Å². The third-order valence-corrected chi connectivity index (χ3v) is 2.20. The van der Waals surface area contributed by atoms with E-state index in [1.54, 1.807) is 0 Å². The lowest BCUT2D eigenvalue weighted by Gasteiger charge is -2.33. The Bertz CT molecular complexity index is 152. The Morgan fingerprint density at radius 3 is 2.13 bits per heavy atom. The maximum absolute atomic E-state index is 5.90. The van der Waals surface area contributed by atoms with E-state index in [1.165, 1.54) is 0 Å². The van der Waals surface area contributed by atoms with Gasteiger partial charge in [-0.15, -0.1) is 0 Å². The van der Waals surface area contributed by atoms with Gasteiger partial charge in [-0.2, -0.15) is 0 Å². The Labute approximate surface area is 94.3 Å². The number of hydrogen-bond acceptors (Lipinski definition) is 3. The molecule has 3 heteroatoms. The van der Waals surface area contributed by atoms with Crippen LogP contribution < -0.4 is 5.73 Å². The van der Waals surface area contributed by atoms with Gasteiger partial charge in [-0.05, 0) is 18.8 Å². The summed E-state index contributed by atoms with van der Waals surface area (Å²) in [4.78, 5) is 0. The maximum Gasteiger partial charge on any atom is 0.0772 e. The molecule has 0 amide bonds. The molecule has 0 saturated carbocycles. The van der Waals surface area contributed by atoms with Crippen LogP contribution in [0.2, 0.25) is 0 Å². The molecule has 0 aliphatic rings. The molecule has 0 rings (SSSR count). The largest absolute Gasteiger partial charge is 0.379 e. The van der Waals surface area contributed by atoms with Gasteiger partial charge in [-0.1, -0.05) is 27.7 Å². The maximum atomic E-state index is 5.90. The van der Waals surface area contributed by atoms with Gasteiger partial charge in [0.15, 0.2) is 0 Å². The summed E-state index contributed by atoms with van der Waals surface area (Å²) in [6, 6.07) is 0.0520. The van der Waals surface area contributed by atoms with Gasteiger partial charge in [-0.25, -0.2) is 0 Å². The van der Waals surface area contributed by atoms with Crippen molar-refractivity contribution in [3.05, 3.63) is 0 Å². The molecule has 0 radical (unpaired) electrons. The molecule has 0 aromatic rings. The van der Waals surface area contributed by atoms with E-state index in [9.17, 15) is 0 Å². The molecule has 2 atom stereocenters. The molecular formula is C12H27NO2. The van der Waals surface area contributed by atoms with Gasteiger partial charge in [-0.3, -0.25) is 0 Å². The smallest absolute Gasteiger partial charge is 0.0772 e. The summed E-state index contributed by atoms with van der Waals surface area (Å²) < 4.78 is 11.1. The van der Waals surface area contributed by atoms with Crippen LogP contribution in [0.15, 0.2) is 0 Å². The molecule has 2 N–H and O–H groups in total. The predicted octanol–water partition coefficient (Wildman–Crippen LogP) is 2.19. The fourth-order valence-electron chi connectivity index (χ4n) is 1.67. The lowest BCUT2D eigenvalue weighted by atomic mass is 9.85. The monoisotopic (exact) mass is 217 g/mol. The summed E-state index contributed by atoms with van der Waals surface area (Å²) in [5.74, 6) is 0. The summed E-state index contributed by atoms with van der Waals surface area (Å²) in [5.41, 5.74) is 5.98. The normalized spacial score (nSPS) is 16.4. The molecule has 0 heterocycles. The lowest BCUT2D eigenvalue weighted by Crippen LogP contribution is -2.44. The summed E-state index contributed by atoms with van der Waals surface area (Å²) in [6.07, 6.45) is 1.14. The van der Waals surface area contributed by atoms with Gasteiger partial charge in [0.1, 0.15) is 0 Å². The van der Waals surface area contributed by atoms with E-state index in [0.717, 1.165) is 13.0 Å². The van der Waals surface area contributed by atoms with E-state index >= 15 is 0 Å². The first-order valence-corrected chi connectivity index (χ1v) is 5.84. The van der Waals surface area contributed by atoms with E-state index in [1.807, 2.05) is 6.92 Å². The van der Waals surface area contributed by atoms with Crippen molar-refractivity contribution in [3.63, 3.8) is 0 Å². The zero-order valence-corrected chi connectivity index (χ0v) is 10.9. The molecule has 92 valence electrons. The van der Waals surface area contributed by atoms with Crippen molar-refractivity contribution in [1.29, 1.82) is 0 Å². The van der Waals surface area contributed by atoms with Crippen LogP contribution in [0.25, 0.3) is 0 Å². The standard InChI is InChI=1S/C12H27NO2/c1-6-7-14-8-9-15-11(10(2)13)12(3,4)5/h10-11H,6-9,13H2,1-5H3. The molecule has 15 heavy (non-hydrogen) atoms. The first-order valence-electron chi connectivity index (χ1n) is 5.84. The van der Waals surface area contributed by atoms with Crippen LogP contribution in [0.1, 0.15) is 41.0 Å². The van der Waals surface area contributed by atoms with Crippen molar-refractivity contribution in [2.75, 3.05) is 19.8 Å². The molecule has 0 bridgehead atoms. The first-order chi connectivity index (χ1) is 6.89. The molecule has 0 aliphatic heterocycles. The molecule has 0 aromatic heterocycles. The second kappa shape index (κ2) is 7.20. The summed E-state index contributed by atoms with van der Waals surface area (Å²) in [5, 5.41) is 0. The van der Waals surface area contributed by atoms with Gasteiger partial charge >= 0.3 is 0 Å². The Morgan fingerprint density at radius 1 is 1.13 bits per heavy atom. The number of rotatable bonds is 7. The van der Waals surface area contributed by atoms with Gasteiger partial charge in [0.05, 0.1) is 19.3 Å². The summed E-state index contributed by atoms with van der Waals surface area (Å²) in [6.45, 7) is 12.6. The molecule has 0 aromatic carbocycles. The molecule has 2 unspecified atom stereocenters. The van der Waals surface area contributed by atoms with Gasteiger partial charge in [0.2, 0.25) is 0 Å². The number of nitrogens with two attached hydrogens (primary N) is 1. The third-order valence-electron chi connectivity index (χ3n) is 2.20. The lowest BCUT2D eigenvalue weighted by molar-refractivity contribution is -0.0526. The van der Waals surface area contributed by atoms with Crippen LogP contribution in [-0.4, -0.2) is 32.0 Å². The second-order valence-corrected chi connectivity index (χ2v) is 5.13. The highest BCUT2D eigenvalue weighted by molar-refractivity contribution is 4.81. The van der Waals surface area contributed by atoms with Crippen LogP contribution in [0, 0.1) is 5.41 Å². The third kappa shape index (κ3) is 6.88. The van der Waals surface area contributed by atoms with Crippen LogP contribution in [0.3, 0.4) is 0 Å². The average Bonchev–Trinajstić information content (AvgIpc) is 2.08. The zero-order chi connectivity index (χ0) is 11.9. The van der Waals surface area contributed by atoms with Crippen LogP contribution in [-0.2, 0) is 9.47 Å². The van der Waals surface area contributed by atoms with Crippen molar-refractivity contribution in [1.82, 2.24) is 0 Å². The number of hydrogen-bond donors (Lipinski definition) is 1. The predicted molar refractivity (Wildman–Crippen MR) is 64.0 cm³/mol. The minimum absolute atomic E-state index is 0.0520. The van der Waals surface area contributed by atoms with E-state index in [2.05, 4.69) is 27.7 Å². The Balaban J connectivity index is 3.78. The number of ether oxygens (including phenoxy) is 2. The topological polar surface area (TPSA) is 44.5 Å². The fraction of sp³-hybridized carbons (Fsp3) is 1.00.